The number of benzene rings is 1. The fourth-order valence-electron chi connectivity index (χ4n) is 2.04. The number of carbonyl (C=O) groups is 1. The number of aromatic nitrogens is 2. The molecular weight excluding hydrogens is 308 g/mol. The van der Waals surface area contributed by atoms with Gasteiger partial charge in [0.2, 0.25) is 0 Å². The van der Waals surface area contributed by atoms with Crippen molar-refractivity contribution < 1.29 is 9.53 Å². The highest BCUT2D eigenvalue weighted by atomic mass is 16.5. The third-order valence-electron chi connectivity index (χ3n) is 3.55. The molecule has 1 aromatic carbocycles. The molecule has 1 aromatic heterocycles. The van der Waals surface area contributed by atoms with E-state index >= 15 is 0 Å². The van der Waals surface area contributed by atoms with Crippen LogP contribution in [-0.2, 0) is 6.54 Å². The first kappa shape index (κ1) is 17.5. The summed E-state index contributed by atoms with van der Waals surface area (Å²) in [6.07, 6.45) is 1.50. The van der Waals surface area contributed by atoms with E-state index < -0.39 is 0 Å². The molecule has 0 aliphatic rings. The van der Waals surface area contributed by atoms with Gasteiger partial charge in [-0.3, -0.25) is 9.36 Å². The van der Waals surface area contributed by atoms with Crippen molar-refractivity contribution in [2.24, 2.45) is 0 Å². The first-order chi connectivity index (χ1) is 11.6. The van der Waals surface area contributed by atoms with Crippen molar-refractivity contribution in [2.75, 3.05) is 19.7 Å². The second kappa shape index (κ2) is 8.71. The molecule has 2 amide bonds. The highest BCUT2D eigenvalue weighted by Gasteiger charge is 2.04. The van der Waals surface area contributed by atoms with Crippen molar-refractivity contribution >= 4 is 6.03 Å². The summed E-state index contributed by atoms with van der Waals surface area (Å²) in [5.74, 6) is 0.765. The predicted octanol–water partition coefficient (Wildman–Crippen LogP) is 1.24. The molecule has 0 radical (unpaired) electrons. The average Bonchev–Trinajstić information content (AvgIpc) is 2.60. The lowest BCUT2D eigenvalue weighted by Gasteiger charge is -2.10. The first-order valence-electron chi connectivity index (χ1n) is 7.80. The van der Waals surface area contributed by atoms with Crippen molar-refractivity contribution in [3.63, 3.8) is 0 Å². The molecule has 0 unspecified atom stereocenters. The van der Waals surface area contributed by atoms with Gasteiger partial charge in [0, 0.05) is 24.3 Å². The lowest BCUT2D eigenvalue weighted by Crippen LogP contribution is -2.40. The number of rotatable bonds is 7. The number of amides is 2. The molecule has 0 spiro atoms. The molecule has 0 atom stereocenters. The SMILES string of the molecule is Cc1ncn(CCNC(=O)NCCOc2ccccc2)c(=O)c1C. The van der Waals surface area contributed by atoms with Crippen LogP contribution in [0.4, 0.5) is 4.79 Å². The molecule has 0 saturated heterocycles. The van der Waals surface area contributed by atoms with E-state index in [-0.39, 0.29) is 11.6 Å². The molecule has 1 heterocycles. The number of hydrogen-bond acceptors (Lipinski definition) is 4. The average molecular weight is 330 g/mol. The van der Waals surface area contributed by atoms with Gasteiger partial charge in [-0.1, -0.05) is 18.2 Å². The summed E-state index contributed by atoms with van der Waals surface area (Å²) in [5, 5.41) is 5.39. The monoisotopic (exact) mass is 330 g/mol. The van der Waals surface area contributed by atoms with Crippen molar-refractivity contribution in [1.82, 2.24) is 20.2 Å². The van der Waals surface area contributed by atoms with Crippen molar-refractivity contribution in [3.05, 3.63) is 58.3 Å². The Bertz CT molecular complexity index is 728. The second-order valence-corrected chi connectivity index (χ2v) is 5.30. The van der Waals surface area contributed by atoms with Crippen molar-refractivity contribution in [2.45, 2.75) is 20.4 Å². The van der Waals surface area contributed by atoms with E-state index in [1.807, 2.05) is 30.3 Å². The van der Waals surface area contributed by atoms with E-state index in [1.54, 1.807) is 13.8 Å². The van der Waals surface area contributed by atoms with Crippen LogP contribution >= 0.6 is 0 Å². The normalized spacial score (nSPS) is 10.2. The third-order valence-corrected chi connectivity index (χ3v) is 3.55. The topological polar surface area (TPSA) is 85.2 Å². The standard InChI is InChI=1S/C17H22N4O3/c1-13-14(2)20-12-21(16(13)22)10-8-18-17(23)19-9-11-24-15-6-4-3-5-7-15/h3-7,12H,8-11H2,1-2H3,(H2,18,19,23). The highest BCUT2D eigenvalue weighted by molar-refractivity contribution is 5.73. The quantitative estimate of drug-likeness (QED) is 0.748. The minimum absolute atomic E-state index is 0.0824. The lowest BCUT2D eigenvalue weighted by atomic mass is 10.3. The van der Waals surface area contributed by atoms with Gasteiger partial charge in [0.1, 0.15) is 12.4 Å². The summed E-state index contributed by atoms with van der Waals surface area (Å²) < 4.78 is 6.96. The van der Waals surface area contributed by atoms with E-state index in [1.165, 1.54) is 10.9 Å². The molecule has 0 saturated carbocycles. The Morgan fingerprint density at radius 1 is 1.17 bits per heavy atom. The zero-order chi connectivity index (χ0) is 17.4. The fourth-order valence-corrected chi connectivity index (χ4v) is 2.04. The van der Waals surface area contributed by atoms with Crippen molar-refractivity contribution in [3.8, 4) is 5.75 Å². The van der Waals surface area contributed by atoms with Gasteiger partial charge < -0.3 is 15.4 Å². The number of nitrogens with one attached hydrogen (secondary N) is 2. The molecule has 0 aliphatic carbocycles. The molecule has 0 fully saturated rings. The number of para-hydroxylation sites is 1. The number of urea groups is 1. The maximum Gasteiger partial charge on any atom is 0.314 e. The van der Waals surface area contributed by atoms with Gasteiger partial charge in [0.15, 0.2) is 0 Å². The van der Waals surface area contributed by atoms with Crippen LogP contribution in [0.3, 0.4) is 0 Å². The van der Waals surface area contributed by atoms with Crippen LogP contribution in [0.1, 0.15) is 11.3 Å². The van der Waals surface area contributed by atoms with Crippen LogP contribution in [-0.4, -0.2) is 35.3 Å². The van der Waals surface area contributed by atoms with Gasteiger partial charge in [-0.2, -0.15) is 0 Å². The third kappa shape index (κ3) is 5.12. The van der Waals surface area contributed by atoms with E-state index in [9.17, 15) is 9.59 Å². The smallest absolute Gasteiger partial charge is 0.314 e. The zero-order valence-corrected chi connectivity index (χ0v) is 13.9. The Morgan fingerprint density at radius 3 is 2.62 bits per heavy atom. The van der Waals surface area contributed by atoms with Gasteiger partial charge >= 0.3 is 6.03 Å². The molecule has 7 heteroatoms. The number of carbonyl (C=O) groups excluding carboxylic acids is 1. The fraction of sp³-hybridized carbons (Fsp3) is 0.353. The minimum Gasteiger partial charge on any atom is -0.492 e. The molecule has 128 valence electrons. The molecule has 0 bridgehead atoms. The Balaban J connectivity index is 1.65. The van der Waals surface area contributed by atoms with Gasteiger partial charge in [-0.15, -0.1) is 0 Å². The highest BCUT2D eigenvalue weighted by Crippen LogP contribution is 2.07. The summed E-state index contributed by atoms with van der Waals surface area (Å²) in [6, 6.07) is 9.11. The van der Waals surface area contributed by atoms with Gasteiger partial charge in [0.25, 0.3) is 5.56 Å². The van der Waals surface area contributed by atoms with Crippen LogP contribution in [0, 0.1) is 13.8 Å². The molecule has 2 N–H and O–H groups in total. The number of hydrogen-bond donors (Lipinski definition) is 2. The Kier molecular flexibility index (Phi) is 6.36. The largest absolute Gasteiger partial charge is 0.492 e. The molecule has 0 aliphatic heterocycles. The maximum atomic E-state index is 12.0. The summed E-state index contributed by atoms with van der Waals surface area (Å²) >= 11 is 0. The molecule has 7 nitrogen and oxygen atoms in total. The Morgan fingerprint density at radius 2 is 1.88 bits per heavy atom. The molecular formula is C17H22N4O3. The van der Waals surface area contributed by atoms with Gasteiger partial charge in [-0.25, -0.2) is 9.78 Å². The van der Waals surface area contributed by atoms with Gasteiger partial charge in [-0.05, 0) is 26.0 Å². The van der Waals surface area contributed by atoms with E-state index in [4.69, 9.17) is 4.74 Å². The predicted molar refractivity (Wildman–Crippen MR) is 91.3 cm³/mol. The lowest BCUT2D eigenvalue weighted by molar-refractivity contribution is 0.236. The minimum atomic E-state index is -0.295. The zero-order valence-electron chi connectivity index (χ0n) is 13.9. The number of ether oxygens (including phenoxy) is 1. The molecule has 2 aromatic rings. The maximum absolute atomic E-state index is 12.0. The van der Waals surface area contributed by atoms with Crippen molar-refractivity contribution in [1.29, 1.82) is 0 Å². The summed E-state index contributed by atoms with van der Waals surface area (Å²) in [6.45, 7) is 5.04. The first-order valence-corrected chi connectivity index (χ1v) is 7.80. The van der Waals surface area contributed by atoms with Crippen LogP contribution < -0.4 is 20.9 Å². The molecule has 2 rings (SSSR count). The van der Waals surface area contributed by atoms with E-state index in [0.717, 1.165) is 11.4 Å². The second-order valence-electron chi connectivity index (χ2n) is 5.30. The van der Waals surface area contributed by atoms with Gasteiger partial charge in [0.05, 0.1) is 12.9 Å². The summed E-state index contributed by atoms with van der Waals surface area (Å²) in [4.78, 5) is 27.8. The van der Waals surface area contributed by atoms with Crippen LogP contribution in [0.5, 0.6) is 5.75 Å². The van der Waals surface area contributed by atoms with Crippen LogP contribution in [0.2, 0.25) is 0 Å². The van der Waals surface area contributed by atoms with Crippen LogP contribution in [0.15, 0.2) is 41.5 Å². The Labute approximate surface area is 140 Å². The molecule has 24 heavy (non-hydrogen) atoms. The van der Waals surface area contributed by atoms with Crippen LogP contribution in [0.25, 0.3) is 0 Å². The van der Waals surface area contributed by atoms with E-state index in [2.05, 4.69) is 15.6 Å². The number of nitrogens with zero attached hydrogens (tertiary/aromatic N) is 2. The summed E-state index contributed by atoms with van der Waals surface area (Å²) in [7, 11) is 0. The summed E-state index contributed by atoms with van der Waals surface area (Å²) in [5.41, 5.74) is 1.27. The Hall–Kier alpha value is -2.83. The number of aryl methyl sites for hydroxylation is 1. The van der Waals surface area contributed by atoms with E-state index in [0.29, 0.717) is 31.8 Å².